The van der Waals surface area contributed by atoms with E-state index in [0.717, 1.165) is 11.1 Å². The van der Waals surface area contributed by atoms with Crippen LogP contribution in [0, 0.1) is 24.1 Å². The summed E-state index contributed by atoms with van der Waals surface area (Å²) in [6, 6.07) is 17.4. The third kappa shape index (κ3) is 4.83. The third-order valence-corrected chi connectivity index (χ3v) is 7.47. The molecule has 0 aliphatic carbocycles. The summed E-state index contributed by atoms with van der Waals surface area (Å²) in [6.07, 6.45) is 1.68. The molecule has 36 heavy (non-hydrogen) atoms. The number of nitriles is 1. The van der Waals surface area contributed by atoms with E-state index in [0.29, 0.717) is 32.7 Å². The van der Waals surface area contributed by atoms with Crippen LogP contribution in [0.5, 0.6) is 0 Å². The van der Waals surface area contributed by atoms with Crippen LogP contribution in [0.3, 0.4) is 0 Å². The van der Waals surface area contributed by atoms with E-state index in [1.165, 1.54) is 28.5 Å². The molecule has 1 unspecified atom stereocenters. The highest BCUT2D eigenvalue weighted by Crippen LogP contribution is 2.39. The quantitative estimate of drug-likeness (QED) is 0.353. The van der Waals surface area contributed by atoms with Gasteiger partial charge in [0.2, 0.25) is 0 Å². The van der Waals surface area contributed by atoms with Crippen molar-refractivity contribution < 1.29 is 9.18 Å². The highest BCUT2D eigenvalue weighted by Gasteiger charge is 2.36. The van der Waals surface area contributed by atoms with Gasteiger partial charge in [0.1, 0.15) is 27.6 Å². The van der Waals surface area contributed by atoms with E-state index in [1.807, 2.05) is 43.3 Å². The van der Waals surface area contributed by atoms with Crippen molar-refractivity contribution in [2.24, 2.45) is 7.05 Å². The molecule has 2 heterocycles. The topological polar surface area (TPSA) is 78.1 Å². The fraction of sp³-hybridized carbons (Fsp3) is 0.185. The number of benzene rings is 2. The molecule has 182 valence electrons. The van der Waals surface area contributed by atoms with Gasteiger partial charge in [-0.1, -0.05) is 66.4 Å². The van der Waals surface area contributed by atoms with Gasteiger partial charge >= 0.3 is 0 Å². The number of anilines is 1. The zero-order chi connectivity index (χ0) is 26.0. The van der Waals surface area contributed by atoms with Crippen molar-refractivity contribution in [1.82, 2.24) is 9.47 Å². The Hall–Kier alpha value is -3.74. The highest BCUT2D eigenvalue weighted by atomic mass is 32.2. The lowest BCUT2D eigenvalue weighted by Gasteiger charge is -2.23. The van der Waals surface area contributed by atoms with E-state index in [-0.39, 0.29) is 23.3 Å². The largest absolute Gasteiger partial charge is 0.367 e. The van der Waals surface area contributed by atoms with E-state index in [4.69, 9.17) is 12.2 Å². The van der Waals surface area contributed by atoms with Crippen LogP contribution in [-0.4, -0.2) is 19.7 Å². The molecule has 2 aromatic carbocycles. The van der Waals surface area contributed by atoms with Gasteiger partial charge in [0.25, 0.3) is 11.5 Å². The number of thiocarbonyl (C=S) groups is 1. The zero-order valence-corrected chi connectivity index (χ0v) is 21.5. The molecule has 4 rings (SSSR count). The molecule has 0 radical (unpaired) electrons. The molecule has 1 aromatic heterocycles. The minimum Gasteiger partial charge on any atom is -0.367 e. The number of halogens is 1. The maximum absolute atomic E-state index is 13.4. The normalized spacial score (nSPS) is 15.3. The summed E-state index contributed by atoms with van der Waals surface area (Å²) >= 11 is 6.73. The first-order chi connectivity index (χ1) is 17.2. The van der Waals surface area contributed by atoms with E-state index < -0.39 is 5.56 Å². The minimum atomic E-state index is -0.445. The number of carbonyl (C=O) groups excluding carboxylic acids is 1. The molecule has 6 nitrogen and oxygen atoms in total. The average molecular weight is 519 g/mol. The second-order valence-electron chi connectivity index (χ2n) is 8.36. The molecule has 9 heteroatoms. The molecule has 1 fully saturated rings. The second kappa shape index (κ2) is 10.5. The van der Waals surface area contributed by atoms with Crippen LogP contribution in [0.2, 0.25) is 0 Å². The van der Waals surface area contributed by atoms with Crippen LogP contribution >= 0.6 is 24.0 Å². The monoisotopic (exact) mass is 518 g/mol. The van der Waals surface area contributed by atoms with Gasteiger partial charge in [-0.2, -0.15) is 5.26 Å². The lowest BCUT2D eigenvalue weighted by molar-refractivity contribution is -0.123. The number of hydrogen-bond donors (Lipinski definition) is 1. The zero-order valence-electron chi connectivity index (χ0n) is 19.9. The van der Waals surface area contributed by atoms with E-state index in [9.17, 15) is 19.2 Å². The molecule has 0 bridgehead atoms. The third-order valence-electron chi connectivity index (χ3n) is 6.14. The molecule has 1 atom stereocenters. The molecular formula is C27H23FN4O2S2. The number of thioether (sulfide) groups is 1. The Labute approximate surface area is 218 Å². The van der Waals surface area contributed by atoms with Gasteiger partial charge in [0.15, 0.2) is 0 Å². The van der Waals surface area contributed by atoms with Gasteiger partial charge in [-0.3, -0.25) is 19.1 Å². The number of rotatable bonds is 6. The predicted molar refractivity (Wildman–Crippen MR) is 145 cm³/mol. The summed E-state index contributed by atoms with van der Waals surface area (Å²) in [5.74, 6) is -0.132. The Balaban J connectivity index is 1.75. The molecule has 1 N–H and O–H groups in total. The summed E-state index contributed by atoms with van der Waals surface area (Å²) in [4.78, 5) is 28.2. The summed E-state index contributed by atoms with van der Waals surface area (Å²) in [5.41, 5.74) is 2.33. The molecule has 1 saturated heterocycles. The van der Waals surface area contributed by atoms with E-state index >= 15 is 0 Å². The van der Waals surface area contributed by atoms with Crippen molar-refractivity contribution in [3.63, 3.8) is 0 Å². The van der Waals surface area contributed by atoms with Crippen LogP contribution in [0.15, 0.2) is 64.3 Å². The van der Waals surface area contributed by atoms with Crippen LogP contribution in [0.1, 0.15) is 40.8 Å². The number of aromatic nitrogens is 1. The first-order valence-corrected chi connectivity index (χ1v) is 12.4. The maximum atomic E-state index is 13.4. The second-order valence-corrected chi connectivity index (χ2v) is 10.0. The number of amides is 1. The average Bonchev–Trinajstić information content (AvgIpc) is 3.16. The number of nitrogens with zero attached hydrogens (tertiary/aromatic N) is 3. The smallest absolute Gasteiger partial charge is 0.270 e. The van der Waals surface area contributed by atoms with Crippen LogP contribution in [0.4, 0.5) is 10.2 Å². The Kier molecular flexibility index (Phi) is 7.38. The van der Waals surface area contributed by atoms with Gasteiger partial charge in [-0.15, -0.1) is 0 Å². The van der Waals surface area contributed by atoms with Gasteiger partial charge in [0, 0.05) is 19.2 Å². The van der Waals surface area contributed by atoms with Crippen molar-refractivity contribution in [2.75, 3.05) is 5.32 Å². The first kappa shape index (κ1) is 25.4. The molecule has 3 aromatic rings. The van der Waals surface area contributed by atoms with Gasteiger partial charge < -0.3 is 5.32 Å². The van der Waals surface area contributed by atoms with Crippen molar-refractivity contribution in [3.05, 3.63) is 103 Å². The number of nitrogens with one attached hydrogen (secondary N) is 1. The minimum absolute atomic E-state index is 0.00390. The predicted octanol–water partition coefficient (Wildman–Crippen LogP) is 5.28. The van der Waals surface area contributed by atoms with Crippen LogP contribution in [-0.2, 0) is 18.4 Å². The number of pyridine rings is 1. The maximum Gasteiger partial charge on any atom is 0.270 e. The number of carbonyl (C=O) groups is 1. The molecule has 1 aliphatic heterocycles. The SMILES string of the molecule is Cc1c(/C=C2/SC(=S)N(C(C)c3ccccc3)C2=O)c(NCc2ccc(F)cc2)n(C)c(=O)c1C#N. The van der Waals surface area contributed by atoms with Gasteiger partial charge in [0.05, 0.1) is 10.9 Å². The summed E-state index contributed by atoms with van der Waals surface area (Å²) in [5, 5.41) is 12.9. The van der Waals surface area contributed by atoms with Crippen LogP contribution in [0.25, 0.3) is 6.08 Å². The summed E-state index contributed by atoms with van der Waals surface area (Å²) < 4.78 is 15.1. The lowest BCUT2D eigenvalue weighted by atomic mass is 10.0. The first-order valence-electron chi connectivity index (χ1n) is 11.2. The van der Waals surface area contributed by atoms with Gasteiger partial charge in [-0.25, -0.2) is 4.39 Å². The molecule has 0 spiro atoms. The van der Waals surface area contributed by atoms with E-state index in [2.05, 4.69) is 5.32 Å². The molecular weight excluding hydrogens is 495 g/mol. The van der Waals surface area contributed by atoms with Crippen molar-refractivity contribution >= 4 is 46.1 Å². The van der Waals surface area contributed by atoms with Crippen molar-refractivity contribution in [1.29, 1.82) is 5.26 Å². The fourth-order valence-corrected chi connectivity index (χ4v) is 5.46. The van der Waals surface area contributed by atoms with Gasteiger partial charge in [-0.05, 0) is 48.7 Å². The highest BCUT2D eigenvalue weighted by molar-refractivity contribution is 8.26. The Morgan fingerprint density at radius 3 is 2.47 bits per heavy atom. The van der Waals surface area contributed by atoms with Crippen molar-refractivity contribution in [2.45, 2.75) is 26.4 Å². The fourth-order valence-electron chi connectivity index (χ4n) is 4.06. The standard InChI is InChI=1S/C27H23FN4O2S2/c1-16-21(13-23-26(34)32(27(35)36-23)17(2)19-7-5-4-6-8-19)24(31(3)25(33)22(16)14-29)30-15-18-9-11-20(28)12-10-18/h4-13,17,30H,15H2,1-3H3/b23-13+. The summed E-state index contributed by atoms with van der Waals surface area (Å²) in [6.45, 7) is 3.91. The Bertz CT molecular complexity index is 1470. The Morgan fingerprint density at radius 2 is 1.83 bits per heavy atom. The molecule has 1 amide bonds. The number of hydrogen-bond acceptors (Lipinski definition) is 6. The lowest BCUT2D eigenvalue weighted by Crippen LogP contribution is -2.31. The molecule has 1 aliphatic rings. The molecule has 0 saturated carbocycles. The van der Waals surface area contributed by atoms with Crippen molar-refractivity contribution in [3.8, 4) is 6.07 Å². The Morgan fingerprint density at radius 1 is 1.17 bits per heavy atom. The summed E-state index contributed by atoms with van der Waals surface area (Å²) in [7, 11) is 1.57. The van der Waals surface area contributed by atoms with E-state index in [1.54, 1.807) is 37.1 Å². The van der Waals surface area contributed by atoms with Crippen LogP contribution < -0.4 is 10.9 Å².